The molecule has 0 amide bonds. The summed E-state index contributed by atoms with van der Waals surface area (Å²) in [5.74, 6) is -4.16. The van der Waals surface area contributed by atoms with E-state index >= 15 is 0 Å². The van der Waals surface area contributed by atoms with E-state index < -0.39 is 30.3 Å². The third-order valence-corrected chi connectivity index (χ3v) is 8.32. The quantitative estimate of drug-likeness (QED) is 0.0441. The highest BCUT2D eigenvalue weighted by Crippen LogP contribution is 2.27. The lowest BCUT2D eigenvalue weighted by Gasteiger charge is -2.18. The fraction of sp³-hybridized carbons (Fsp3) is 0.463. The van der Waals surface area contributed by atoms with Crippen molar-refractivity contribution >= 4 is 60.1 Å². The molecule has 0 bridgehead atoms. The van der Waals surface area contributed by atoms with Crippen molar-refractivity contribution in [3.63, 3.8) is 0 Å². The lowest BCUT2D eigenvalue weighted by atomic mass is 10.1. The standard InChI is InChI=1S/C16H26N2O3.C13H20N2O2.C8H11NO3.C4H6O6.2ClH.H2O/c1-4-10-20-15-12-13(17)7-8-14(15)16(19)21-11-9-18(5-2)6-3;1-3-15(4-2)9-10-17-13(16)11-5-7-12(14)8-6-11;9-4-8(12)5-1-2-6(10)7(11)3-5;5-1(3(7)8)2(6)4(9)10;;;/h7-8,12H,4-6,9-11,17H2,1-3H3;5-8H,3-4,9-10,14H2,1-2H3;1-3,8,10-12H,4,9H2;1-2,5-6H,(H,7,8)(H,9,10);2*1H;1H2/t;;8-;;;;/m..0..../s1. The SMILES string of the molecule is CCCOc1cc(N)ccc1C(=O)OCCN(CC)CC.CCN(CC)CCOC(=O)c1ccc(N)cc1.Cl.Cl.NC[C@H](O)c1ccc(O)c(O)c1.O.O=C(O)C(O)C(O)C(=O)O. The van der Waals surface area contributed by atoms with E-state index in [1.165, 1.54) is 18.2 Å². The largest absolute Gasteiger partial charge is 0.504 e. The zero-order valence-electron chi connectivity index (χ0n) is 36.2. The summed E-state index contributed by atoms with van der Waals surface area (Å²) in [6.45, 7) is 17.1. The number of hydrogen-bond acceptors (Lipinski definition) is 17. The van der Waals surface area contributed by atoms with Gasteiger partial charge in [0.2, 0.25) is 0 Å². The van der Waals surface area contributed by atoms with Crippen LogP contribution in [0.4, 0.5) is 11.4 Å². The van der Waals surface area contributed by atoms with E-state index in [-0.39, 0.29) is 60.3 Å². The van der Waals surface area contributed by atoms with Crippen LogP contribution in [0.15, 0.2) is 60.7 Å². The summed E-state index contributed by atoms with van der Waals surface area (Å²) in [6.07, 6.45) is -4.46. The molecule has 0 aromatic heterocycles. The predicted octanol–water partition coefficient (Wildman–Crippen LogP) is 2.31. The van der Waals surface area contributed by atoms with E-state index in [1.807, 2.05) is 6.92 Å². The van der Waals surface area contributed by atoms with Crippen molar-refractivity contribution in [2.45, 2.75) is 59.4 Å². The topological polar surface area (TPSA) is 354 Å². The Bertz CT molecular complexity index is 1700. The lowest BCUT2D eigenvalue weighted by Crippen LogP contribution is -2.39. The third-order valence-electron chi connectivity index (χ3n) is 8.32. The van der Waals surface area contributed by atoms with E-state index in [0.717, 1.165) is 45.7 Å². The summed E-state index contributed by atoms with van der Waals surface area (Å²) in [7, 11) is 0. The Labute approximate surface area is 380 Å². The van der Waals surface area contributed by atoms with Gasteiger partial charge in [0, 0.05) is 37.1 Å². The molecular formula is C41H67Cl2N5O15. The highest BCUT2D eigenvalue weighted by Gasteiger charge is 2.29. The summed E-state index contributed by atoms with van der Waals surface area (Å²) in [5.41, 5.74) is 19.2. The Morgan fingerprint density at radius 3 is 1.51 bits per heavy atom. The van der Waals surface area contributed by atoms with Crippen LogP contribution < -0.4 is 21.9 Å². The number of esters is 2. The van der Waals surface area contributed by atoms with Gasteiger partial charge in [0.25, 0.3) is 0 Å². The number of anilines is 2. The molecule has 0 aliphatic rings. The molecule has 22 heteroatoms. The summed E-state index contributed by atoms with van der Waals surface area (Å²) >= 11 is 0. The first-order valence-corrected chi connectivity index (χ1v) is 19.3. The molecule has 360 valence electrons. The second-order valence-electron chi connectivity index (χ2n) is 12.6. The van der Waals surface area contributed by atoms with E-state index in [2.05, 4.69) is 37.5 Å². The average molecular weight is 941 g/mol. The molecule has 0 fully saturated rings. The summed E-state index contributed by atoms with van der Waals surface area (Å²) in [5, 5.41) is 59.7. The molecule has 63 heavy (non-hydrogen) atoms. The number of carboxylic acids is 2. The second-order valence-corrected chi connectivity index (χ2v) is 12.6. The van der Waals surface area contributed by atoms with Crippen LogP contribution in [0.2, 0.25) is 0 Å². The van der Waals surface area contributed by atoms with Gasteiger partial charge in [-0.2, -0.15) is 0 Å². The van der Waals surface area contributed by atoms with Gasteiger partial charge < -0.3 is 82.4 Å². The van der Waals surface area contributed by atoms with E-state index in [0.29, 0.717) is 53.6 Å². The van der Waals surface area contributed by atoms with Crippen LogP contribution in [0.1, 0.15) is 73.4 Å². The third kappa shape index (κ3) is 26.2. The molecule has 0 heterocycles. The number of phenols is 2. The highest BCUT2D eigenvalue weighted by atomic mass is 35.5. The van der Waals surface area contributed by atoms with Crippen LogP contribution in [-0.2, 0) is 19.1 Å². The van der Waals surface area contributed by atoms with Gasteiger partial charge in [0.1, 0.15) is 24.5 Å². The van der Waals surface area contributed by atoms with E-state index in [4.69, 9.17) is 62.1 Å². The fourth-order valence-electron chi connectivity index (χ4n) is 4.59. The number of halogens is 2. The monoisotopic (exact) mass is 939 g/mol. The van der Waals surface area contributed by atoms with Crippen molar-refractivity contribution < 1.29 is 74.6 Å². The number of aliphatic hydroxyl groups is 3. The summed E-state index contributed by atoms with van der Waals surface area (Å²) < 4.78 is 16.1. The molecule has 0 aliphatic carbocycles. The molecule has 3 aromatic carbocycles. The number of aliphatic carboxylic acids is 2. The Kier molecular flexibility index (Phi) is 37.2. The number of nitrogens with two attached hydrogens (primary N) is 3. The second kappa shape index (κ2) is 36.3. The molecule has 3 atom stereocenters. The van der Waals surface area contributed by atoms with Crippen molar-refractivity contribution in [3.8, 4) is 17.2 Å². The Morgan fingerprint density at radius 2 is 1.10 bits per heavy atom. The highest BCUT2D eigenvalue weighted by molar-refractivity contribution is 5.93. The van der Waals surface area contributed by atoms with Crippen LogP contribution in [0.5, 0.6) is 17.2 Å². The molecule has 20 nitrogen and oxygen atoms in total. The Balaban J connectivity index is -0.000000376. The number of rotatable bonds is 20. The normalized spacial score (nSPS) is 11.3. The van der Waals surface area contributed by atoms with Gasteiger partial charge in [-0.15, -0.1) is 24.8 Å². The number of ether oxygens (including phenoxy) is 3. The van der Waals surface area contributed by atoms with Gasteiger partial charge in [-0.25, -0.2) is 19.2 Å². The van der Waals surface area contributed by atoms with Crippen LogP contribution >= 0.6 is 24.8 Å². The molecular weight excluding hydrogens is 873 g/mol. The zero-order valence-corrected chi connectivity index (χ0v) is 37.8. The van der Waals surface area contributed by atoms with E-state index in [9.17, 15) is 24.3 Å². The molecule has 2 unspecified atom stereocenters. The number of likely N-dealkylation sites (N-methyl/N-ethyl adjacent to an activating group) is 2. The maximum absolute atomic E-state index is 12.1. The number of carbonyl (C=O) groups is 4. The first-order valence-electron chi connectivity index (χ1n) is 19.3. The summed E-state index contributed by atoms with van der Waals surface area (Å²) in [4.78, 5) is 47.7. The van der Waals surface area contributed by atoms with Crippen LogP contribution in [0, 0.1) is 0 Å². The van der Waals surface area contributed by atoms with E-state index in [1.54, 1.807) is 42.5 Å². The fourth-order valence-corrected chi connectivity index (χ4v) is 4.59. The number of nitrogen functional groups attached to an aromatic ring is 2. The number of phenolic OH excluding ortho intramolecular Hbond substituents is 2. The van der Waals surface area contributed by atoms with Crippen molar-refractivity contribution in [2.75, 3.05) is 77.1 Å². The number of nitrogens with zero attached hydrogens (tertiary/aromatic N) is 2. The van der Waals surface area contributed by atoms with Crippen molar-refractivity contribution in [2.24, 2.45) is 5.73 Å². The molecule has 0 spiro atoms. The zero-order chi connectivity index (χ0) is 45.8. The van der Waals surface area contributed by atoms with Gasteiger partial charge >= 0.3 is 23.9 Å². The first-order chi connectivity index (χ1) is 28.4. The molecule has 3 rings (SSSR count). The van der Waals surface area contributed by atoms with Crippen molar-refractivity contribution in [3.05, 3.63) is 77.4 Å². The number of aliphatic hydroxyl groups excluding tert-OH is 3. The number of aromatic hydroxyl groups is 2. The maximum Gasteiger partial charge on any atom is 0.341 e. The van der Waals surface area contributed by atoms with Crippen molar-refractivity contribution in [1.82, 2.24) is 9.80 Å². The molecule has 0 radical (unpaired) electrons. The van der Waals surface area contributed by atoms with Gasteiger partial charge in [-0.3, -0.25) is 0 Å². The maximum atomic E-state index is 12.1. The number of benzene rings is 3. The Morgan fingerprint density at radius 1 is 0.635 bits per heavy atom. The molecule has 15 N–H and O–H groups in total. The number of hydrogen-bond donors (Lipinski definition) is 10. The van der Waals surface area contributed by atoms with Gasteiger partial charge in [0.15, 0.2) is 23.7 Å². The lowest BCUT2D eigenvalue weighted by molar-refractivity contribution is -0.165. The van der Waals surface area contributed by atoms with Gasteiger partial charge in [0.05, 0.1) is 18.3 Å². The van der Waals surface area contributed by atoms with Crippen molar-refractivity contribution in [1.29, 1.82) is 0 Å². The first kappa shape index (κ1) is 64.5. The van der Waals surface area contributed by atoms with Crippen LogP contribution in [0.3, 0.4) is 0 Å². The predicted molar refractivity (Wildman–Crippen MR) is 243 cm³/mol. The molecule has 0 saturated carbocycles. The molecule has 0 aliphatic heterocycles. The van der Waals surface area contributed by atoms with Crippen LogP contribution in [0.25, 0.3) is 0 Å². The number of carboxylic acid groups (broad SMARTS) is 2. The molecule has 3 aromatic rings. The molecule has 0 saturated heterocycles. The Hall–Kier alpha value is -5.16. The van der Waals surface area contributed by atoms with Crippen LogP contribution in [-0.4, -0.2) is 153 Å². The van der Waals surface area contributed by atoms with Gasteiger partial charge in [-0.1, -0.05) is 40.7 Å². The van der Waals surface area contributed by atoms with Gasteiger partial charge in [-0.05, 0) is 86.7 Å². The minimum atomic E-state index is -2.27. The minimum absolute atomic E-state index is 0. The summed E-state index contributed by atoms with van der Waals surface area (Å²) in [6, 6.07) is 15.8. The smallest absolute Gasteiger partial charge is 0.341 e. The average Bonchev–Trinajstić information content (AvgIpc) is 3.24. The minimum Gasteiger partial charge on any atom is -0.504 e. The number of carbonyl (C=O) groups excluding carboxylic acids is 2.